The summed E-state index contributed by atoms with van der Waals surface area (Å²) in [5.74, 6) is 0.796. The molecule has 0 heterocycles. The first-order valence-electron chi connectivity index (χ1n) is 4.93. The molecule has 1 aliphatic carbocycles. The van der Waals surface area contributed by atoms with Crippen molar-refractivity contribution in [2.45, 2.75) is 25.4 Å². The minimum Gasteiger partial charge on any atom is -0.490 e. The Morgan fingerprint density at radius 1 is 1.47 bits per heavy atom. The van der Waals surface area contributed by atoms with E-state index < -0.39 is 0 Å². The van der Waals surface area contributed by atoms with Gasteiger partial charge in [-0.15, -0.1) is 0 Å². The van der Waals surface area contributed by atoms with Crippen LogP contribution in [-0.4, -0.2) is 11.1 Å². The molecule has 1 aliphatic rings. The van der Waals surface area contributed by atoms with Crippen molar-refractivity contribution in [3.63, 3.8) is 0 Å². The molecule has 1 saturated carbocycles. The van der Waals surface area contributed by atoms with E-state index in [1.54, 1.807) is 12.1 Å². The van der Waals surface area contributed by atoms with E-state index in [0.29, 0.717) is 21.7 Å². The fourth-order valence-corrected chi connectivity index (χ4v) is 1.96. The standard InChI is InChI=1S/C11H12ClNOS/c12-10-6-8(14-7-2-1-3-7)4-5-9(10)11(13)15/h4-7H,1-3H2,(H2,13,15). The first-order chi connectivity index (χ1) is 7.16. The lowest BCUT2D eigenvalue weighted by atomic mass is 9.96. The highest BCUT2D eigenvalue weighted by molar-refractivity contribution is 7.80. The second-order valence-corrected chi connectivity index (χ2v) is 4.52. The Morgan fingerprint density at radius 3 is 2.67 bits per heavy atom. The van der Waals surface area contributed by atoms with E-state index in [-0.39, 0.29) is 0 Å². The van der Waals surface area contributed by atoms with Gasteiger partial charge in [-0.05, 0) is 37.5 Å². The maximum absolute atomic E-state index is 6.02. The number of halogens is 1. The van der Waals surface area contributed by atoms with Crippen LogP contribution in [0.3, 0.4) is 0 Å². The molecule has 0 unspecified atom stereocenters. The van der Waals surface area contributed by atoms with Crippen molar-refractivity contribution < 1.29 is 4.74 Å². The van der Waals surface area contributed by atoms with E-state index >= 15 is 0 Å². The Labute approximate surface area is 99.4 Å². The zero-order valence-electron chi connectivity index (χ0n) is 8.20. The molecule has 0 radical (unpaired) electrons. The Bertz CT molecular complexity index is 390. The largest absolute Gasteiger partial charge is 0.490 e. The molecule has 1 fully saturated rings. The average Bonchev–Trinajstić information content (AvgIpc) is 2.11. The van der Waals surface area contributed by atoms with Crippen molar-refractivity contribution in [2.75, 3.05) is 0 Å². The molecule has 0 saturated heterocycles. The van der Waals surface area contributed by atoms with Gasteiger partial charge in [0.25, 0.3) is 0 Å². The summed E-state index contributed by atoms with van der Waals surface area (Å²) in [5, 5.41) is 0.555. The molecule has 2 rings (SSSR count). The molecule has 4 heteroatoms. The van der Waals surface area contributed by atoms with Gasteiger partial charge in [-0.3, -0.25) is 0 Å². The number of nitrogens with two attached hydrogens (primary N) is 1. The van der Waals surface area contributed by atoms with Gasteiger partial charge in [-0.2, -0.15) is 0 Å². The summed E-state index contributed by atoms with van der Waals surface area (Å²) in [7, 11) is 0. The van der Waals surface area contributed by atoms with Crippen molar-refractivity contribution in [1.82, 2.24) is 0 Å². The van der Waals surface area contributed by atoms with Crippen molar-refractivity contribution in [2.24, 2.45) is 5.73 Å². The molecule has 1 aromatic rings. The van der Waals surface area contributed by atoms with E-state index in [2.05, 4.69) is 0 Å². The van der Waals surface area contributed by atoms with Crippen molar-refractivity contribution in [1.29, 1.82) is 0 Å². The molecule has 2 nitrogen and oxygen atoms in total. The Kier molecular flexibility index (Phi) is 3.12. The maximum atomic E-state index is 6.02. The van der Waals surface area contributed by atoms with Crippen LogP contribution in [0.4, 0.5) is 0 Å². The third-order valence-electron chi connectivity index (χ3n) is 2.56. The first-order valence-corrected chi connectivity index (χ1v) is 5.71. The number of benzene rings is 1. The lowest BCUT2D eigenvalue weighted by molar-refractivity contribution is 0.120. The number of hydrogen-bond acceptors (Lipinski definition) is 2. The normalized spacial score (nSPS) is 15.8. The smallest absolute Gasteiger partial charge is 0.121 e. The molecular formula is C11H12ClNOS. The van der Waals surface area contributed by atoms with Gasteiger partial charge >= 0.3 is 0 Å². The van der Waals surface area contributed by atoms with Gasteiger partial charge in [-0.25, -0.2) is 0 Å². The molecule has 0 spiro atoms. The summed E-state index contributed by atoms with van der Waals surface area (Å²) in [4.78, 5) is 0.315. The molecular weight excluding hydrogens is 230 g/mol. The number of rotatable bonds is 3. The van der Waals surface area contributed by atoms with Gasteiger partial charge in [-0.1, -0.05) is 23.8 Å². The molecule has 2 N–H and O–H groups in total. The summed E-state index contributed by atoms with van der Waals surface area (Å²) < 4.78 is 5.70. The highest BCUT2D eigenvalue weighted by Gasteiger charge is 2.19. The molecule has 0 atom stereocenters. The van der Waals surface area contributed by atoms with E-state index in [1.807, 2.05) is 6.07 Å². The van der Waals surface area contributed by atoms with Crippen molar-refractivity contribution in [3.05, 3.63) is 28.8 Å². The predicted molar refractivity (Wildman–Crippen MR) is 65.6 cm³/mol. The molecule has 15 heavy (non-hydrogen) atoms. The lowest BCUT2D eigenvalue weighted by Crippen LogP contribution is -2.24. The van der Waals surface area contributed by atoms with Crippen LogP contribution in [0.5, 0.6) is 5.75 Å². The summed E-state index contributed by atoms with van der Waals surface area (Å²) >= 11 is 10.9. The summed E-state index contributed by atoms with van der Waals surface area (Å²) in [6.07, 6.45) is 3.88. The summed E-state index contributed by atoms with van der Waals surface area (Å²) in [5.41, 5.74) is 6.21. The Hall–Kier alpha value is -0.800. The van der Waals surface area contributed by atoms with Gasteiger partial charge in [0.2, 0.25) is 0 Å². The van der Waals surface area contributed by atoms with Crippen LogP contribution < -0.4 is 10.5 Å². The zero-order chi connectivity index (χ0) is 10.8. The molecule has 1 aromatic carbocycles. The molecule has 0 amide bonds. The Morgan fingerprint density at radius 2 is 2.20 bits per heavy atom. The monoisotopic (exact) mass is 241 g/mol. The van der Waals surface area contributed by atoms with Crippen LogP contribution in [-0.2, 0) is 0 Å². The number of thiocarbonyl (C=S) groups is 1. The van der Waals surface area contributed by atoms with Crippen molar-refractivity contribution >= 4 is 28.8 Å². The van der Waals surface area contributed by atoms with Crippen molar-refractivity contribution in [3.8, 4) is 5.75 Å². The minimum atomic E-state index is 0.315. The average molecular weight is 242 g/mol. The lowest BCUT2D eigenvalue weighted by Gasteiger charge is -2.26. The van der Waals surface area contributed by atoms with Gasteiger partial charge < -0.3 is 10.5 Å². The fraction of sp³-hybridized carbons (Fsp3) is 0.364. The number of hydrogen-bond donors (Lipinski definition) is 1. The topological polar surface area (TPSA) is 35.2 Å². The van der Waals surface area contributed by atoms with Crippen LogP contribution in [0.15, 0.2) is 18.2 Å². The summed E-state index contributed by atoms with van der Waals surface area (Å²) in [6, 6.07) is 5.44. The van der Waals surface area contributed by atoms with Gasteiger partial charge in [0.1, 0.15) is 10.7 Å². The zero-order valence-corrected chi connectivity index (χ0v) is 9.77. The van der Waals surface area contributed by atoms with Crippen LogP contribution in [0.2, 0.25) is 5.02 Å². The van der Waals surface area contributed by atoms with E-state index in [0.717, 1.165) is 18.6 Å². The van der Waals surface area contributed by atoms with Gasteiger partial charge in [0, 0.05) is 5.56 Å². The third kappa shape index (κ3) is 2.41. The maximum Gasteiger partial charge on any atom is 0.121 e. The van der Waals surface area contributed by atoms with Crippen LogP contribution in [0.1, 0.15) is 24.8 Å². The second-order valence-electron chi connectivity index (χ2n) is 3.68. The first kappa shape index (κ1) is 10.7. The Balaban J connectivity index is 2.13. The molecule has 0 aliphatic heterocycles. The molecule has 0 aromatic heterocycles. The second kappa shape index (κ2) is 4.37. The number of ether oxygens (including phenoxy) is 1. The predicted octanol–water partition coefficient (Wildman–Crippen LogP) is 2.91. The highest BCUT2D eigenvalue weighted by atomic mass is 35.5. The molecule has 0 bridgehead atoms. The fourth-order valence-electron chi connectivity index (χ4n) is 1.45. The van der Waals surface area contributed by atoms with Crippen LogP contribution in [0, 0.1) is 0 Å². The van der Waals surface area contributed by atoms with Crippen LogP contribution in [0.25, 0.3) is 0 Å². The third-order valence-corrected chi connectivity index (χ3v) is 3.09. The highest BCUT2D eigenvalue weighted by Crippen LogP contribution is 2.28. The van der Waals surface area contributed by atoms with E-state index in [1.165, 1.54) is 6.42 Å². The molecule has 80 valence electrons. The minimum absolute atomic E-state index is 0.315. The quantitative estimate of drug-likeness (QED) is 0.827. The van der Waals surface area contributed by atoms with Gasteiger partial charge in [0.05, 0.1) is 11.1 Å². The van der Waals surface area contributed by atoms with Crippen LogP contribution >= 0.6 is 23.8 Å². The van der Waals surface area contributed by atoms with Gasteiger partial charge in [0.15, 0.2) is 0 Å². The SMILES string of the molecule is NC(=S)c1ccc(OC2CCC2)cc1Cl. The summed E-state index contributed by atoms with van der Waals surface area (Å²) in [6.45, 7) is 0. The van der Waals surface area contributed by atoms with E-state index in [9.17, 15) is 0 Å². The van der Waals surface area contributed by atoms with E-state index in [4.69, 9.17) is 34.3 Å².